The van der Waals surface area contributed by atoms with E-state index in [4.69, 9.17) is 11.6 Å². The number of nitrogens with one attached hydrogen (secondary N) is 1. The normalized spacial score (nSPS) is 11.3. The molecule has 1 amide bonds. The Morgan fingerprint density at radius 1 is 1.21 bits per heavy atom. The molecule has 1 aromatic carbocycles. The minimum atomic E-state index is -0.501. The maximum atomic E-state index is 14.0. The highest BCUT2D eigenvalue weighted by Gasteiger charge is 2.18. The molecule has 1 N–H and O–H groups in total. The number of halogens is 2. The second-order valence-corrected chi connectivity index (χ2v) is 7.92. The molecule has 5 aromatic rings. The average molecular weight is 480 g/mol. The number of benzene rings is 1. The summed E-state index contributed by atoms with van der Waals surface area (Å²) in [7, 11) is 0. The van der Waals surface area contributed by atoms with Gasteiger partial charge in [-0.3, -0.25) is 14.8 Å². The maximum Gasteiger partial charge on any atom is 0.278 e. The second-order valence-electron chi connectivity index (χ2n) is 7.51. The number of nitrogens with zero attached hydrogens (tertiary/aromatic N) is 8. The molecule has 10 nitrogen and oxygen atoms in total. The molecule has 0 spiro atoms. The maximum absolute atomic E-state index is 14.0. The van der Waals surface area contributed by atoms with Gasteiger partial charge in [-0.25, -0.2) is 23.6 Å². The van der Waals surface area contributed by atoms with E-state index in [1.807, 2.05) is 24.6 Å². The van der Waals surface area contributed by atoms with Gasteiger partial charge in [0.05, 0.1) is 18.4 Å². The largest absolute Gasteiger partial charge is 0.288 e. The predicted molar refractivity (Wildman–Crippen MR) is 123 cm³/mol. The molecule has 4 aromatic heterocycles. The lowest BCUT2D eigenvalue weighted by Crippen LogP contribution is -2.14. The summed E-state index contributed by atoms with van der Waals surface area (Å²) >= 11 is 6.07. The van der Waals surface area contributed by atoms with Crippen LogP contribution in [-0.4, -0.2) is 45.1 Å². The fraction of sp³-hybridized carbons (Fsp3) is 0.182. The summed E-state index contributed by atoms with van der Waals surface area (Å²) in [5, 5.41) is 15.9. The van der Waals surface area contributed by atoms with E-state index in [2.05, 4.69) is 30.6 Å². The molecule has 0 unspecified atom stereocenters. The van der Waals surface area contributed by atoms with Crippen molar-refractivity contribution >= 4 is 29.1 Å². The quantitative estimate of drug-likeness (QED) is 0.398. The van der Waals surface area contributed by atoms with Crippen LogP contribution < -0.4 is 5.32 Å². The molecule has 0 aliphatic rings. The zero-order valence-corrected chi connectivity index (χ0v) is 19.0. The molecule has 4 heterocycles. The van der Waals surface area contributed by atoms with E-state index in [1.54, 1.807) is 29.0 Å². The Morgan fingerprint density at radius 2 is 2.06 bits per heavy atom. The smallest absolute Gasteiger partial charge is 0.278 e. The van der Waals surface area contributed by atoms with Crippen molar-refractivity contribution < 1.29 is 9.18 Å². The Kier molecular flexibility index (Phi) is 5.54. The molecule has 34 heavy (non-hydrogen) atoms. The molecular formula is C22H19ClFN9O. The van der Waals surface area contributed by atoms with E-state index < -0.39 is 11.7 Å². The average Bonchev–Trinajstić information content (AvgIpc) is 3.54. The second kappa shape index (κ2) is 8.67. The minimum Gasteiger partial charge on any atom is -0.288 e. The summed E-state index contributed by atoms with van der Waals surface area (Å²) in [6, 6.07) is 7.85. The van der Waals surface area contributed by atoms with Crippen molar-refractivity contribution in [3.05, 3.63) is 76.8 Å². The molecule has 0 saturated heterocycles. The first-order valence-electron chi connectivity index (χ1n) is 10.5. The molecule has 0 fully saturated rings. The molecular weight excluding hydrogens is 461 g/mol. The van der Waals surface area contributed by atoms with Crippen LogP contribution >= 0.6 is 11.6 Å². The Bertz CT molecular complexity index is 1500. The van der Waals surface area contributed by atoms with Crippen molar-refractivity contribution in [2.45, 2.75) is 26.9 Å². The van der Waals surface area contributed by atoms with Crippen molar-refractivity contribution in [3.8, 4) is 11.3 Å². The van der Waals surface area contributed by atoms with E-state index in [1.165, 1.54) is 23.1 Å². The number of carbonyl (C=O) groups is 1. The van der Waals surface area contributed by atoms with Crippen LogP contribution in [0.25, 0.3) is 16.9 Å². The van der Waals surface area contributed by atoms with Crippen LogP contribution in [0.2, 0.25) is 5.02 Å². The lowest BCUT2D eigenvalue weighted by atomic mass is 10.2. The lowest BCUT2D eigenvalue weighted by molar-refractivity contribution is 0.102. The van der Waals surface area contributed by atoms with Crippen LogP contribution in [0.4, 0.5) is 10.3 Å². The van der Waals surface area contributed by atoms with Crippen LogP contribution in [0.1, 0.15) is 28.7 Å². The number of carbonyl (C=O) groups excluding carboxylic acids is 1. The molecule has 0 bridgehead atoms. The van der Waals surface area contributed by atoms with E-state index in [-0.39, 0.29) is 28.8 Å². The number of aryl methyl sites for hydroxylation is 1. The molecule has 0 saturated carbocycles. The zero-order chi connectivity index (χ0) is 23.8. The van der Waals surface area contributed by atoms with Gasteiger partial charge in [0.1, 0.15) is 12.1 Å². The van der Waals surface area contributed by atoms with Crippen molar-refractivity contribution in [2.24, 2.45) is 0 Å². The van der Waals surface area contributed by atoms with Crippen LogP contribution in [-0.2, 0) is 13.1 Å². The van der Waals surface area contributed by atoms with Gasteiger partial charge >= 0.3 is 0 Å². The summed E-state index contributed by atoms with van der Waals surface area (Å²) in [6.07, 6.45) is 4.82. The van der Waals surface area contributed by atoms with E-state index >= 15 is 0 Å². The minimum absolute atomic E-state index is 0.0581. The Morgan fingerprint density at radius 3 is 2.82 bits per heavy atom. The molecule has 0 aliphatic heterocycles. The van der Waals surface area contributed by atoms with E-state index in [0.717, 1.165) is 23.5 Å². The van der Waals surface area contributed by atoms with Gasteiger partial charge in [-0.1, -0.05) is 17.7 Å². The number of rotatable bonds is 6. The van der Waals surface area contributed by atoms with Crippen molar-refractivity contribution in [3.63, 3.8) is 0 Å². The standard InChI is InChI=1S/C22H19ClFN9O/c1-3-32-13(2)14(10-27-32)19-7-8-25-20-9-18(29-33(19)20)21(34)28-22-26-12-31(30-22)11-15-16(23)5-4-6-17(15)24/h4-10,12H,3,11H2,1-2H3,(H,28,30,34). The van der Waals surface area contributed by atoms with Crippen molar-refractivity contribution in [1.29, 1.82) is 0 Å². The molecule has 172 valence electrons. The molecule has 5 rings (SSSR count). The Balaban J connectivity index is 1.38. The first-order chi connectivity index (χ1) is 16.4. The third-order valence-corrected chi connectivity index (χ3v) is 5.77. The molecule has 12 heteroatoms. The van der Waals surface area contributed by atoms with Crippen LogP contribution in [0.5, 0.6) is 0 Å². The summed E-state index contributed by atoms with van der Waals surface area (Å²) in [6.45, 7) is 4.81. The topological polar surface area (TPSA) is 108 Å². The molecule has 0 aliphatic carbocycles. The van der Waals surface area contributed by atoms with Gasteiger partial charge in [-0.05, 0) is 32.0 Å². The van der Waals surface area contributed by atoms with Gasteiger partial charge in [0.25, 0.3) is 5.91 Å². The van der Waals surface area contributed by atoms with Gasteiger partial charge in [0.15, 0.2) is 11.3 Å². The van der Waals surface area contributed by atoms with Crippen LogP contribution in [0.3, 0.4) is 0 Å². The summed E-state index contributed by atoms with van der Waals surface area (Å²) < 4.78 is 18.9. The monoisotopic (exact) mass is 479 g/mol. The molecule has 0 radical (unpaired) electrons. The third-order valence-electron chi connectivity index (χ3n) is 5.41. The number of fused-ring (bicyclic) bond motifs is 1. The van der Waals surface area contributed by atoms with Gasteiger partial charge in [-0.15, -0.1) is 5.10 Å². The Hall–Kier alpha value is -4.12. The summed E-state index contributed by atoms with van der Waals surface area (Å²) in [5.41, 5.74) is 3.60. The summed E-state index contributed by atoms with van der Waals surface area (Å²) in [4.78, 5) is 21.2. The number of hydrogen-bond acceptors (Lipinski definition) is 6. The first-order valence-corrected chi connectivity index (χ1v) is 10.8. The van der Waals surface area contributed by atoms with E-state index in [0.29, 0.717) is 5.65 Å². The number of amides is 1. The van der Waals surface area contributed by atoms with Gasteiger partial charge in [0.2, 0.25) is 5.95 Å². The third kappa shape index (κ3) is 3.90. The first kappa shape index (κ1) is 21.7. The summed E-state index contributed by atoms with van der Waals surface area (Å²) in [5.74, 6) is -0.886. The van der Waals surface area contributed by atoms with Crippen LogP contribution in [0.15, 0.2) is 49.1 Å². The number of hydrogen-bond donors (Lipinski definition) is 1. The van der Waals surface area contributed by atoms with Gasteiger partial charge < -0.3 is 0 Å². The van der Waals surface area contributed by atoms with E-state index in [9.17, 15) is 9.18 Å². The highest BCUT2D eigenvalue weighted by molar-refractivity contribution is 6.31. The lowest BCUT2D eigenvalue weighted by Gasteiger charge is -2.05. The van der Waals surface area contributed by atoms with Crippen molar-refractivity contribution in [1.82, 2.24) is 39.1 Å². The number of anilines is 1. The highest BCUT2D eigenvalue weighted by atomic mass is 35.5. The molecule has 0 atom stereocenters. The zero-order valence-electron chi connectivity index (χ0n) is 18.3. The van der Waals surface area contributed by atoms with Crippen LogP contribution in [0, 0.1) is 12.7 Å². The van der Waals surface area contributed by atoms with Crippen molar-refractivity contribution in [2.75, 3.05) is 5.32 Å². The van der Waals surface area contributed by atoms with Gasteiger partial charge in [0, 0.05) is 40.7 Å². The van der Waals surface area contributed by atoms with Gasteiger partial charge in [-0.2, -0.15) is 10.2 Å². The fourth-order valence-corrected chi connectivity index (χ4v) is 3.89. The highest BCUT2D eigenvalue weighted by Crippen LogP contribution is 2.24. The SMILES string of the molecule is CCn1ncc(-c2ccnc3cc(C(=O)Nc4ncn(Cc5c(F)cccc5Cl)n4)nn23)c1C. The predicted octanol–water partition coefficient (Wildman–Crippen LogP) is 3.61. The Labute approximate surface area is 198 Å². The fourth-order valence-electron chi connectivity index (χ4n) is 3.67. The number of aromatic nitrogens is 8.